The first-order chi connectivity index (χ1) is 6.79. The van der Waals surface area contributed by atoms with Gasteiger partial charge >= 0.3 is 0 Å². The summed E-state index contributed by atoms with van der Waals surface area (Å²) >= 11 is 0. The van der Waals surface area contributed by atoms with Crippen molar-refractivity contribution in [3.63, 3.8) is 0 Å². The van der Waals surface area contributed by atoms with Crippen molar-refractivity contribution in [3.05, 3.63) is 41.8 Å². The van der Waals surface area contributed by atoms with Gasteiger partial charge in [-0.15, -0.1) is 0 Å². The first-order valence-electron chi connectivity index (χ1n) is 4.79. The third-order valence-corrected chi connectivity index (χ3v) is 1.92. The molecule has 0 fully saturated rings. The molecule has 0 aliphatic heterocycles. The quantitative estimate of drug-likeness (QED) is 0.618. The first kappa shape index (κ1) is 10.6. The van der Waals surface area contributed by atoms with Gasteiger partial charge in [0.05, 0.1) is 5.52 Å². The molecule has 0 aliphatic carbocycles. The molecule has 0 radical (unpaired) electrons. The molecule has 1 nitrogen and oxygen atoms in total. The zero-order chi connectivity index (χ0) is 10.6. The maximum absolute atomic E-state index is 13.2. The van der Waals surface area contributed by atoms with Crippen LogP contribution in [0.4, 0.5) is 4.39 Å². The number of nitrogens with zero attached hydrogens (tertiary/aromatic N) is 1. The molecule has 0 spiro atoms. The molecule has 1 heterocycles. The monoisotopic (exact) mass is 191 g/mol. The highest BCUT2D eigenvalue weighted by atomic mass is 19.1. The fourth-order valence-electron chi connectivity index (χ4n) is 1.32. The summed E-state index contributed by atoms with van der Waals surface area (Å²) in [5, 5.41) is 0.625. The van der Waals surface area contributed by atoms with E-state index in [9.17, 15) is 4.39 Å². The van der Waals surface area contributed by atoms with Gasteiger partial charge in [0, 0.05) is 11.6 Å². The van der Waals surface area contributed by atoms with Crippen molar-refractivity contribution < 1.29 is 4.39 Å². The Morgan fingerprint density at radius 1 is 1.14 bits per heavy atom. The summed E-state index contributed by atoms with van der Waals surface area (Å²) in [6.45, 7) is 5.88. The Balaban J connectivity index is 0.000000461. The molecular weight excluding hydrogens is 177 g/mol. The van der Waals surface area contributed by atoms with Crippen LogP contribution in [-0.2, 0) is 0 Å². The van der Waals surface area contributed by atoms with Crippen molar-refractivity contribution in [1.29, 1.82) is 0 Å². The smallest absolute Gasteiger partial charge is 0.132 e. The number of fused-ring (bicyclic) bond motifs is 1. The van der Waals surface area contributed by atoms with Crippen molar-refractivity contribution in [2.24, 2.45) is 0 Å². The minimum atomic E-state index is -0.196. The van der Waals surface area contributed by atoms with Crippen molar-refractivity contribution in [1.82, 2.24) is 4.98 Å². The number of hydrogen-bond donors (Lipinski definition) is 0. The van der Waals surface area contributed by atoms with Crippen LogP contribution in [0.5, 0.6) is 0 Å². The van der Waals surface area contributed by atoms with Gasteiger partial charge in [0.25, 0.3) is 0 Å². The van der Waals surface area contributed by atoms with E-state index in [4.69, 9.17) is 0 Å². The van der Waals surface area contributed by atoms with Crippen LogP contribution in [0.25, 0.3) is 10.9 Å². The van der Waals surface area contributed by atoms with E-state index in [1.165, 1.54) is 6.07 Å². The second-order valence-electron chi connectivity index (χ2n) is 2.76. The van der Waals surface area contributed by atoms with E-state index in [0.717, 1.165) is 11.1 Å². The highest BCUT2D eigenvalue weighted by Gasteiger charge is 2.02. The summed E-state index contributed by atoms with van der Waals surface area (Å²) in [5.41, 5.74) is 1.65. The molecular formula is C12H14FN. The largest absolute Gasteiger partial charge is 0.256 e. The van der Waals surface area contributed by atoms with Crippen LogP contribution in [0, 0.1) is 12.7 Å². The van der Waals surface area contributed by atoms with Crippen molar-refractivity contribution in [2.45, 2.75) is 20.8 Å². The van der Waals surface area contributed by atoms with E-state index in [2.05, 4.69) is 4.98 Å². The lowest BCUT2D eigenvalue weighted by Crippen LogP contribution is -1.85. The van der Waals surface area contributed by atoms with Crippen LogP contribution < -0.4 is 0 Å². The van der Waals surface area contributed by atoms with Crippen LogP contribution in [-0.4, -0.2) is 4.98 Å². The SMILES string of the molecule is CC.Cc1ccnc2cccc(F)c12. The second kappa shape index (κ2) is 4.70. The lowest BCUT2D eigenvalue weighted by molar-refractivity contribution is 0.639. The average molecular weight is 191 g/mol. The summed E-state index contributed by atoms with van der Waals surface area (Å²) in [4.78, 5) is 4.06. The van der Waals surface area contributed by atoms with Crippen molar-refractivity contribution in [2.75, 3.05) is 0 Å². The normalized spacial score (nSPS) is 9.43. The highest BCUT2D eigenvalue weighted by Crippen LogP contribution is 2.18. The predicted octanol–water partition coefficient (Wildman–Crippen LogP) is 3.71. The third kappa shape index (κ3) is 1.90. The molecule has 2 heteroatoms. The molecule has 0 N–H and O–H groups in total. The topological polar surface area (TPSA) is 12.9 Å². The van der Waals surface area contributed by atoms with Gasteiger partial charge in [-0.25, -0.2) is 4.39 Å². The number of hydrogen-bond acceptors (Lipinski definition) is 1. The van der Waals surface area contributed by atoms with E-state index < -0.39 is 0 Å². The molecule has 0 unspecified atom stereocenters. The molecule has 0 aliphatic rings. The van der Waals surface area contributed by atoms with Crippen molar-refractivity contribution in [3.8, 4) is 0 Å². The molecule has 0 saturated carbocycles. The van der Waals surface area contributed by atoms with Crippen LogP contribution >= 0.6 is 0 Å². The lowest BCUT2D eigenvalue weighted by Gasteiger charge is -2.00. The zero-order valence-electron chi connectivity index (χ0n) is 8.71. The predicted molar refractivity (Wildman–Crippen MR) is 57.8 cm³/mol. The van der Waals surface area contributed by atoms with Gasteiger partial charge < -0.3 is 0 Å². The number of pyridine rings is 1. The van der Waals surface area contributed by atoms with Gasteiger partial charge in [-0.3, -0.25) is 4.98 Å². The van der Waals surface area contributed by atoms with E-state index in [1.54, 1.807) is 12.3 Å². The fourth-order valence-corrected chi connectivity index (χ4v) is 1.32. The summed E-state index contributed by atoms with van der Waals surface area (Å²) < 4.78 is 13.2. The summed E-state index contributed by atoms with van der Waals surface area (Å²) in [7, 11) is 0. The van der Waals surface area contributed by atoms with Crippen molar-refractivity contribution >= 4 is 10.9 Å². The van der Waals surface area contributed by atoms with Gasteiger partial charge in [-0.1, -0.05) is 19.9 Å². The van der Waals surface area contributed by atoms with E-state index in [1.807, 2.05) is 32.9 Å². The maximum Gasteiger partial charge on any atom is 0.132 e. The fraction of sp³-hybridized carbons (Fsp3) is 0.250. The zero-order valence-corrected chi connectivity index (χ0v) is 8.71. The van der Waals surface area contributed by atoms with Gasteiger partial charge in [0.2, 0.25) is 0 Å². The minimum absolute atomic E-state index is 0.196. The molecule has 1 aromatic heterocycles. The van der Waals surface area contributed by atoms with E-state index >= 15 is 0 Å². The van der Waals surface area contributed by atoms with Gasteiger partial charge in [0.1, 0.15) is 5.82 Å². The first-order valence-corrected chi connectivity index (χ1v) is 4.79. The number of rotatable bonds is 0. The highest BCUT2D eigenvalue weighted by molar-refractivity contribution is 5.82. The molecule has 1 aromatic carbocycles. The number of aryl methyl sites for hydroxylation is 1. The third-order valence-electron chi connectivity index (χ3n) is 1.92. The Bertz CT molecular complexity index is 387. The number of benzene rings is 1. The van der Waals surface area contributed by atoms with Gasteiger partial charge in [0.15, 0.2) is 0 Å². The molecule has 0 amide bonds. The van der Waals surface area contributed by atoms with Crippen LogP contribution in [0.3, 0.4) is 0 Å². The van der Waals surface area contributed by atoms with E-state index in [0.29, 0.717) is 5.39 Å². The molecule has 2 aromatic rings. The molecule has 0 saturated heterocycles. The summed E-state index contributed by atoms with van der Waals surface area (Å²) in [6.07, 6.45) is 1.69. The molecule has 0 bridgehead atoms. The van der Waals surface area contributed by atoms with E-state index in [-0.39, 0.29) is 5.82 Å². The van der Waals surface area contributed by atoms with Gasteiger partial charge in [-0.05, 0) is 30.7 Å². The Kier molecular flexibility index (Phi) is 3.57. The Morgan fingerprint density at radius 3 is 2.50 bits per heavy atom. The molecule has 0 atom stereocenters. The Morgan fingerprint density at radius 2 is 1.86 bits per heavy atom. The average Bonchev–Trinajstić information content (AvgIpc) is 2.21. The van der Waals surface area contributed by atoms with Gasteiger partial charge in [-0.2, -0.15) is 0 Å². The molecule has 74 valence electrons. The van der Waals surface area contributed by atoms with Crippen LogP contribution in [0.2, 0.25) is 0 Å². The maximum atomic E-state index is 13.2. The Labute approximate surface area is 83.6 Å². The minimum Gasteiger partial charge on any atom is -0.256 e. The lowest BCUT2D eigenvalue weighted by atomic mass is 10.1. The van der Waals surface area contributed by atoms with Crippen LogP contribution in [0.1, 0.15) is 19.4 Å². The molecule has 2 rings (SSSR count). The number of aromatic nitrogens is 1. The second-order valence-corrected chi connectivity index (χ2v) is 2.76. The number of halogens is 1. The van der Waals surface area contributed by atoms with Crippen LogP contribution in [0.15, 0.2) is 30.5 Å². The standard InChI is InChI=1S/C10H8FN.C2H6/c1-7-5-6-12-9-4-2-3-8(11)10(7)9;1-2/h2-6H,1H3;1-2H3. The Hall–Kier alpha value is -1.44. The summed E-state index contributed by atoms with van der Waals surface area (Å²) in [6, 6.07) is 6.75. The summed E-state index contributed by atoms with van der Waals surface area (Å²) in [5.74, 6) is -0.196. The molecule has 14 heavy (non-hydrogen) atoms.